The monoisotopic (exact) mass is 268 g/mol. The van der Waals surface area contributed by atoms with Crippen LogP contribution in [0, 0.1) is 0 Å². The first-order valence-electron chi connectivity index (χ1n) is 5.69. The first kappa shape index (κ1) is 14.8. The van der Waals surface area contributed by atoms with Crippen LogP contribution >= 0.6 is 0 Å². The van der Waals surface area contributed by atoms with E-state index in [1.54, 1.807) is 6.92 Å². The Morgan fingerprint density at radius 2 is 2.16 bits per heavy atom. The SMILES string of the molecule is CCNC(=O)c1ccc(NC(CO)C(=O)OC)nn1. The normalized spacial score (nSPS) is 11.5. The highest BCUT2D eigenvalue weighted by atomic mass is 16.5. The van der Waals surface area contributed by atoms with Gasteiger partial charge >= 0.3 is 5.97 Å². The van der Waals surface area contributed by atoms with Crippen LogP contribution in [-0.4, -0.2) is 53.5 Å². The Morgan fingerprint density at radius 3 is 2.63 bits per heavy atom. The minimum atomic E-state index is -0.922. The van der Waals surface area contributed by atoms with Crippen LogP contribution in [0.3, 0.4) is 0 Å². The lowest BCUT2D eigenvalue weighted by molar-refractivity contribution is -0.142. The van der Waals surface area contributed by atoms with Crippen molar-refractivity contribution in [1.29, 1.82) is 0 Å². The molecular weight excluding hydrogens is 252 g/mol. The van der Waals surface area contributed by atoms with Gasteiger partial charge < -0.3 is 20.5 Å². The Labute approximate surface area is 110 Å². The molecule has 0 aliphatic heterocycles. The summed E-state index contributed by atoms with van der Waals surface area (Å²) in [5.74, 6) is -0.678. The highest BCUT2D eigenvalue weighted by Crippen LogP contribution is 2.05. The van der Waals surface area contributed by atoms with Crippen LogP contribution in [-0.2, 0) is 9.53 Å². The number of esters is 1. The molecule has 0 spiro atoms. The molecule has 0 bridgehead atoms. The van der Waals surface area contributed by atoms with Crippen molar-refractivity contribution in [3.05, 3.63) is 17.8 Å². The van der Waals surface area contributed by atoms with Crippen molar-refractivity contribution in [1.82, 2.24) is 15.5 Å². The maximum Gasteiger partial charge on any atom is 0.330 e. The van der Waals surface area contributed by atoms with Crippen molar-refractivity contribution >= 4 is 17.7 Å². The first-order valence-corrected chi connectivity index (χ1v) is 5.69. The van der Waals surface area contributed by atoms with E-state index in [2.05, 4.69) is 25.6 Å². The Hall–Kier alpha value is -2.22. The molecule has 0 aromatic carbocycles. The summed E-state index contributed by atoms with van der Waals surface area (Å²) < 4.78 is 4.50. The molecule has 0 radical (unpaired) electrons. The minimum Gasteiger partial charge on any atom is -0.467 e. The number of anilines is 1. The van der Waals surface area contributed by atoms with E-state index < -0.39 is 18.6 Å². The number of nitrogens with zero attached hydrogens (tertiary/aromatic N) is 2. The topological polar surface area (TPSA) is 113 Å². The van der Waals surface area contributed by atoms with Crippen molar-refractivity contribution in [2.75, 3.05) is 25.6 Å². The Balaban J connectivity index is 2.71. The van der Waals surface area contributed by atoms with Crippen LogP contribution in [0.25, 0.3) is 0 Å². The molecule has 0 fully saturated rings. The zero-order valence-electron chi connectivity index (χ0n) is 10.7. The largest absolute Gasteiger partial charge is 0.467 e. The Morgan fingerprint density at radius 1 is 1.42 bits per heavy atom. The summed E-state index contributed by atoms with van der Waals surface area (Å²) in [5.41, 5.74) is 0.172. The number of hydrogen-bond acceptors (Lipinski definition) is 7. The fraction of sp³-hybridized carbons (Fsp3) is 0.455. The number of aliphatic hydroxyl groups is 1. The lowest BCUT2D eigenvalue weighted by atomic mass is 10.3. The Kier molecular flexibility index (Phi) is 5.68. The van der Waals surface area contributed by atoms with Crippen LogP contribution < -0.4 is 10.6 Å². The quantitative estimate of drug-likeness (QED) is 0.577. The number of methoxy groups -OCH3 is 1. The first-order chi connectivity index (χ1) is 9.12. The number of carbonyl (C=O) groups is 2. The van der Waals surface area contributed by atoms with E-state index in [0.717, 1.165) is 0 Å². The van der Waals surface area contributed by atoms with Crippen LogP contribution in [0.1, 0.15) is 17.4 Å². The van der Waals surface area contributed by atoms with Gasteiger partial charge in [0.05, 0.1) is 13.7 Å². The average Bonchev–Trinajstić information content (AvgIpc) is 2.44. The summed E-state index contributed by atoms with van der Waals surface area (Å²) in [7, 11) is 1.22. The van der Waals surface area contributed by atoms with E-state index in [-0.39, 0.29) is 17.4 Å². The lowest BCUT2D eigenvalue weighted by Crippen LogP contribution is -2.34. The lowest BCUT2D eigenvalue weighted by Gasteiger charge is -2.13. The highest BCUT2D eigenvalue weighted by molar-refractivity contribution is 5.92. The molecular formula is C11H16N4O4. The van der Waals surface area contributed by atoms with E-state index in [1.807, 2.05) is 0 Å². The molecule has 1 amide bonds. The zero-order valence-corrected chi connectivity index (χ0v) is 10.7. The van der Waals surface area contributed by atoms with Crippen LogP contribution in [0.15, 0.2) is 12.1 Å². The second kappa shape index (κ2) is 7.27. The highest BCUT2D eigenvalue weighted by Gasteiger charge is 2.18. The number of ether oxygens (including phenoxy) is 1. The molecule has 1 heterocycles. The summed E-state index contributed by atoms with van der Waals surface area (Å²) in [5, 5.41) is 21.7. The van der Waals surface area contributed by atoms with E-state index in [0.29, 0.717) is 6.54 Å². The molecule has 104 valence electrons. The number of rotatable bonds is 6. The van der Waals surface area contributed by atoms with Gasteiger partial charge in [0.2, 0.25) is 0 Å². The number of aromatic nitrogens is 2. The van der Waals surface area contributed by atoms with E-state index in [1.165, 1.54) is 19.2 Å². The van der Waals surface area contributed by atoms with Gasteiger partial charge in [-0.3, -0.25) is 4.79 Å². The van der Waals surface area contributed by atoms with Crippen molar-refractivity contribution in [2.24, 2.45) is 0 Å². The molecule has 1 aromatic heterocycles. The average molecular weight is 268 g/mol. The van der Waals surface area contributed by atoms with Gasteiger partial charge in [0.25, 0.3) is 5.91 Å². The molecule has 1 unspecified atom stereocenters. The van der Waals surface area contributed by atoms with E-state index in [4.69, 9.17) is 5.11 Å². The molecule has 0 aliphatic carbocycles. The van der Waals surface area contributed by atoms with Gasteiger partial charge in [-0.15, -0.1) is 10.2 Å². The zero-order chi connectivity index (χ0) is 14.3. The van der Waals surface area contributed by atoms with Gasteiger partial charge in [-0.2, -0.15) is 0 Å². The number of hydrogen-bond donors (Lipinski definition) is 3. The number of amides is 1. The van der Waals surface area contributed by atoms with Crippen LogP contribution in [0.2, 0.25) is 0 Å². The molecule has 19 heavy (non-hydrogen) atoms. The van der Waals surface area contributed by atoms with Crippen LogP contribution in [0.4, 0.5) is 5.82 Å². The van der Waals surface area contributed by atoms with Crippen molar-refractivity contribution in [3.8, 4) is 0 Å². The predicted molar refractivity (Wildman–Crippen MR) is 66.6 cm³/mol. The predicted octanol–water partition coefficient (Wildman–Crippen LogP) is -0.828. The summed E-state index contributed by atoms with van der Waals surface area (Å²) in [6.45, 7) is 1.85. The van der Waals surface area contributed by atoms with Crippen molar-refractivity contribution in [2.45, 2.75) is 13.0 Å². The van der Waals surface area contributed by atoms with E-state index in [9.17, 15) is 9.59 Å². The summed E-state index contributed by atoms with van der Waals surface area (Å²) in [6.07, 6.45) is 0. The molecule has 3 N–H and O–H groups in total. The summed E-state index contributed by atoms with van der Waals surface area (Å²) in [4.78, 5) is 22.7. The van der Waals surface area contributed by atoms with E-state index >= 15 is 0 Å². The molecule has 0 saturated carbocycles. The van der Waals surface area contributed by atoms with Crippen molar-refractivity contribution < 1.29 is 19.4 Å². The second-order valence-corrected chi connectivity index (χ2v) is 3.57. The summed E-state index contributed by atoms with van der Waals surface area (Å²) >= 11 is 0. The molecule has 1 atom stereocenters. The third kappa shape index (κ3) is 4.18. The number of carbonyl (C=O) groups excluding carboxylic acids is 2. The second-order valence-electron chi connectivity index (χ2n) is 3.57. The number of aliphatic hydroxyl groups excluding tert-OH is 1. The molecule has 8 nitrogen and oxygen atoms in total. The molecule has 0 saturated heterocycles. The minimum absolute atomic E-state index is 0.172. The van der Waals surface area contributed by atoms with Gasteiger partial charge in [-0.25, -0.2) is 4.79 Å². The van der Waals surface area contributed by atoms with Crippen LogP contribution in [0.5, 0.6) is 0 Å². The Bertz CT molecular complexity index is 435. The fourth-order valence-corrected chi connectivity index (χ4v) is 1.28. The third-order valence-corrected chi connectivity index (χ3v) is 2.22. The number of nitrogens with one attached hydrogen (secondary N) is 2. The van der Waals surface area contributed by atoms with Gasteiger partial charge in [-0.1, -0.05) is 0 Å². The fourth-order valence-electron chi connectivity index (χ4n) is 1.28. The molecule has 0 aliphatic rings. The maximum absolute atomic E-state index is 11.4. The van der Waals surface area contributed by atoms with Gasteiger partial charge in [0.1, 0.15) is 11.9 Å². The summed E-state index contributed by atoms with van der Waals surface area (Å²) in [6, 6.07) is 2.03. The van der Waals surface area contributed by atoms with Gasteiger partial charge in [0.15, 0.2) is 5.69 Å². The van der Waals surface area contributed by atoms with Gasteiger partial charge in [-0.05, 0) is 19.1 Å². The maximum atomic E-state index is 11.4. The standard InChI is InChI=1S/C11H16N4O4/c1-3-12-10(17)7-4-5-9(15-14-7)13-8(6-16)11(18)19-2/h4-5,8,16H,3,6H2,1-2H3,(H,12,17)(H,13,15). The third-order valence-electron chi connectivity index (χ3n) is 2.22. The smallest absolute Gasteiger partial charge is 0.330 e. The van der Waals surface area contributed by atoms with Gasteiger partial charge in [0, 0.05) is 6.54 Å². The van der Waals surface area contributed by atoms with Crippen molar-refractivity contribution in [3.63, 3.8) is 0 Å². The molecule has 1 aromatic rings. The molecule has 1 rings (SSSR count). The molecule has 8 heteroatoms.